The van der Waals surface area contributed by atoms with E-state index in [1.807, 2.05) is 35.3 Å². The Kier molecular flexibility index (Phi) is 3.52. The van der Waals surface area contributed by atoms with Gasteiger partial charge in [0.05, 0.1) is 5.69 Å². The maximum Gasteiger partial charge on any atom is 0.234 e. The van der Waals surface area contributed by atoms with E-state index >= 15 is 0 Å². The van der Waals surface area contributed by atoms with Crippen LogP contribution in [0.4, 0.5) is 5.69 Å². The van der Waals surface area contributed by atoms with Crippen molar-refractivity contribution in [1.29, 1.82) is 0 Å². The van der Waals surface area contributed by atoms with Crippen molar-refractivity contribution in [3.8, 4) is 0 Å². The van der Waals surface area contributed by atoms with E-state index in [4.69, 9.17) is 34.8 Å². The molecule has 1 aliphatic heterocycles. The molecular weight excluding hydrogens is 281 g/mol. The zero-order valence-corrected chi connectivity index (χ0v) is 11.3. The Morgan fingerprint density at radius 3 is 2.29 bits per heavy atom. The standard InChI is InChI=1S/C11H10Cl3N3/c1-16-15-10(11(12,13)14)7-8-17(16)9-5-3-2-4-6-9/h2-8H,1H3. The molecule has 90 valence electrons. The lowest BCUT2D eigenvalue weighted by molar-refractivity contribution is 0.353. The maximum absolute atomic E-state index is 5.77. The highest BCUT2D eigenvalue weighted by Gasteiger charge is 2.29. The highest BCUT2D eigenvalue weighted by atomic mass is 35.6. The van der Waals surface area contributed by atoms with Crippen molar-refractivity contribution in [3.63, 3.8) is 0 Å². The fraction of sp³-hybridized carbons (Fsp3) is 0.182. The molecule has 0 saturated carbocycles. The van der Waals surface area contributed by atoms with Crippen molar-refractivity contribution < 1.29 is 0 Å². The van der Waals surface area contributed by atoms with Crippen LogP contribution in [-0.4, -0.2) is 21.7 Å². The van der Waals surface area contributed by atoms with E-state index in [9.17, 15) is 0 Å². The summed E-state index contributed by atoms with van der Waals surface area (Å²) in [4.78, 5) is 0. The molecule has 0 bridgehead atoms. The SMILES string of the molecule is CN1N=C(C(Cl)(Cl)Cl)C=CN1c1ccccc1. The number of hydrogen-bond acceptors (Lipinski definition) is 3. The first kappa shape index (κ1) is 12.6. The molecule has 0 radical (unpaired) electrons. The van der Waals surface area contributed by atoms with E-state index < -0.39 is 3.79 Å². The van der Waals surface area contributed by atoms with Crippen LogP contribution in [-0.2, 0) is 0 Å². The second-order valence-corrected chi connectivity index (χ2v) is 5.75. The zero-order valence-electron chi connectivity index (χ0n) is 9.02. The van der Waals surface area contributed by atoms with Gasteiger partial charge in [-0.25, -0.2) is 10.1 Å². The van der Waals surface area contributed by atoms with E-state index in [1.165, 1.54) is 0 Å². The van der Waals surface area contributed by atoms with Gasteiger partial charge in [0.15, 0.2) is 0 Å². The molecule has 0 atom stereocenters. The second kappa shape index (κ2) is 4.77. The van der Waals surface area contributed by atoms with E-state index in [2.05, 4.69) is 5.10 Å². The van der Waals surface area contributed by atoms with Gasteiger partial charge in [0.1, 0.15) is 5.71 Å². The molecule has 1 aromatic carbocycles. The summed E-state index contributed by atoms with van der Waals surface area (Å²) in [5, 5.41) is 7.67. The molecular formula is C11H10Cl3N3. The smallest absolute Gasteiger partial charge is 0.234 e. The van der Waals surface area contributed by atoms with Gasteiger partial charge >= 0.3 is 0 Å². The summed E-state index contributed by atoms with van der Waals surface area (Å²) in [6, 6.07) is 9.79. The van der Waals surface area contributed by atoms with Crippen molar-refractivity contribution in [2.24, 2.45) is 5.10 Å². The van der Waals surface area contributed by atoms with Crippen LogP contribution in [0.5, 0.6) is 0 Å². The molecule has 0 amide bonds. The van der Waals surface area contributed by atoms with Gasteiger partial charge < -0.3 is 0 Å². The van der Waals surface area contributed by atoms with Crippen molar-refractivity contribution in [2.75, 3.05) is 12.1 Å². The Morgan fingerprint density at radius 1 is 1.12 bits per heavy atom. The summed E-state index contributed by atoms with van der Waals surface area (Å²) in [5.74, 6) is 0. The second-order valence-electron chi connectivity index (χ2n) is 3.47. The molecule has 17 heavy (non-hydrogen) atoms. The first-order valence-corrected chi connectivity index (χ1v) is 6.04. The summed E-state index contributed by atoms with van der Waals surface area (Å²) in [5.41, 5.74) is 1.37. The number of alkyl halides is 3. The number of benzene rings is 1. The van der Waals surface area contributed by atoms with Crippen LogP contribution in [0.3, 0.4) is 0 Å². The van der Waals surface area contributed by atoms with E-state index in [-0.39, 0.29) is 0 Å². The summed E-state index contributed by atoms with van der Waals surface area (Å²) >= 11 is 17.3. The maximum atomic E-state index is 5.77. The molecule has 2 rings (SSSR count). The predicted octanol–water partition coefficient (Wildman–Crippen LogP) is 3.59. The third-order valence-corrected chi connectivity index (χ3v) is 2.83. The minimum absolute atomic E-state index is 0.386. The van der Waals surface area contributed by atoms with Gasteiger partial charge in [-0.15, -0.1) is 0 Å². The number of para-hydroxylation sites is 1. The third-order valence-electron chi connectivity index (χ3n) is 2.25. The number of rotatable bonds is 1. The lowest BCUT2D eigenvalue weighted by Crippen LogP contribution is -2.37. The number of allylic oxidation sites excluding steroid dienone is 1. The minimum atomic E-state index is -1.51. The largest absolute Gasteiger partial charge is 0.245 e. The highest BCUT2D eigenvalue weighted by molar-refractivity contribution is 6.77. The normalized spacial score (nSPS) is 16.1. The molecule has 0 fully saturated rings. The van der Waals surface area contributed by atoms with Crippen LogP contribution >= 0.6 is 34.8 Å². The van der Waals surface area contributed by atoms with E-state index in [1.54, 1.807) is 24.4 Å². The van der Waals surface area contributed by atoms with Gasteiger partial charge in [0.2, 0.25) is 3.79 Å². The monoisotopic (exact) mass is 289 g/mol. The number of hydrogen-bond donors (Lipinski definition) is 0. The lowest BCUT2D eigenvalue weighted by atomic mass is 10.3. The molecule has 1 aromatic rings. The molecule has 1 heterocycles. The van der Waals surface area contributed by atoms with Gasteiger partial charge in [-0.05, 0) is 18.2 Å². The number of hydrazine groups is 1. The lowest BCUT2D eigenvalue weighted by Gasteiger charge is -2.32. The Labute approximate surface area is 115 Å². The third kappa shape index (κ3) is 2.86. The average Bonchev–Trinajstić information content (AvgIpc) is 2.29. The van der Waals surface area contributed by atoms with Crippen molar-refractivity contribution in [3.05, 3.63) is 42.6 Å². The van der Waals surface area contributed by atoms with Crippen molar-refractivity contribution >= 4 is 46.2 Å². The van der Waals surface area contributed by atoms with Gasteiger partial charge in [-0.3, -0.25) is 0 Å². The Morgan fingerprint density at radius 2 is 1.76 bits per heavy atom. The van der Waals surface area contributed by atoms with Crippen molar-refractivity contribution in [2.45, 2.75) is 3.79 Å². The average molecular weight is 291 g/mol. The van der Waals surface area contributed by atoms with E-state index in [0.29, 0.717) is 5.71 Å². The topological polar surface area (TPSA) is 18.8 Å². The molecule has 0 aromatic heterocycles. The van der Waals surface area contributed by atoms with Crippen LogP contribution in [0.15, 0.2) is 47.7 Å². The quantitative estimate of drug-likeness (QED) is 0.736. The summed E-state index contributed by atoms with van der Waals surface area (Å²) in [6.07, 6.45) is 3.49. The van der Waals surface area contributed by atoms with Crippen LogP contribution in [0.2, 0.25) is 0 Å². The number of hydrazone groups is 1. The Hall–Kier alpha value is -0.900. The van der Waals surface area contributed by atoms with Gasteiger partial charge in [0.25, 0.3) is 0 Å². The fourth-order valence-electron chi connectivity index (χ4n) is 1.46. The fourth-order valence-corrected chi connectivity index (χ4v) is 1.76. The van der Waals surface area contributed by atoms with Crippen LogP contribution in [0.25, 0.3) is 0 Å². The first-order valence-electron chi connectivity index (χ1n) is 4.90. The van der Waals surface area contributed by atoms with E-state index in [0.717, 1.165) is 5.69 Å². The minimum Gasteiger partial charge on any atom is -0.245 e. The predicted molar refractivity (Wildman–Crippen MR) is 73.5 cm³/mol. The molecule has 0 unspecified atom stereocenters. The molecule has 3 nitrogen and oxygen atoms in total. The molecule has 0 spiro atoms. The number of anilines is 1. The van der Waals surface area contributed by atoms with Gasteiger partial charge in [0, 0.05) is 13.2 Å². The Bertz CT molecular complexity index is 451. The Balaban J connectivity index is 2.24. The molecule has 0 saturated heterocycles. The van der Waals surface area contributed by atoms with Crippen molar-refractivity contribution in [1.82, 2.24) is 5.12 Å². The molecule has 0 N–H and O–H groups in total. The highest BCUT2D eigenvalue weighted by Crippen LogP contribution is 2.31. The van der Waals surface area contributed by atoms with Gasteiger partial charge in [-0.2, -0.15) is 5.10 Å². The number of nitrogens with zero attached hydrogens (tertiary/aromatic N) is 3. The van der Waals surface area contributed by atoms with Gasteiger partial charge in [-0.1, -0.05) is 53.0 Å². The number of halogens is 3. The van der Waals surface area contributed by atoms with Crippen LogP contribution in [0, 0.1) is 0 Å². The summed E-state index contributed by atoms with van der Waals surface area (Å²) < 4.78 is -1.51. The van der Waals surface area contributed by atoms with Crippen LogP contribution < -0.4 is 5.01 Å². The molecule has 6 heteroatoms. The molecule has 1 aliphatic rings. The molecule has 0 aliphatic carbocycles. The zero-order chi connectivity index (χ0) is 12.5. The van der Waals surface area contributed by atoms with Crippen LogP contribution in [0.1, 0.15) is 0 Å². The summed E-state index contributed by atoms with van der Waals surface area (Å²) in [6.45, 7) is 0. The summed E-state index contributed by atoms with van der Waals surface area (Å²) in [7, 11) is 1.78. The first-order chi connectivity index (χ1) is 7.98.